The zero-order valence-electron chi connectivity index (χ0n) is 14.5. The molecule has 0 fully saturated rings. The minimum absolute atomic E-state index is 0.0235. The second-order valence-corrected chi connectivity index (χ2v) is 7.81. The maximum Gasteiger partial charge on any atom is 0.305 e. The number of aromatic nitrogens is 2. The maximum atomic E-state index is 12.1. The molecular weight excluding hydrogens is 342 g/mol. The lowest BCUT2D eigenvalue weighted by Crippen LogP contribution is -2.29. The Morgan fingerprint density at radius 2 is 1.96 bits per heavy atom. The van der Waals surface area contributed by atoms with Crippen LogP contribution in [0.3, 0.4) is 0 Å². The Labute approximate surface area is 148 Å². The van der Waals surface area contributed by atoms with Gasteiger partial charge >= 0.3 is 5.97 Å². The van der Waals surface area contributed by atoms with Gasteiger partial charge in [-0.2, -0.15) is 0 Å². The summed E-state index contributed by atoms with van der Waals surface area (Å²) in [6.45, 7) is 0.792. The Morgan fingerprint density at radius 1 is 1.20 bits per heavy atom. The lowest BCUT2D eigenvalue weighted by molar-refractivity contribution is -0.140. The highest BCUT2D eigenvalue weighted by molar-refractivity contribution is 7.89. The van der Waals surface area contributed by atoms with Crippen LogP contribution in [0.15, 0.2) is 30.6 Å². The number of sulfonamides is 1. The minimum Gasteiger partial charge on any atom is -0.469 e. The molecule has 8 heteroatoms. The number of rotatable bonds is 11. The molecule has 2 aromatic rings. The zero-order valence-corrected chi connectivity index (χ0v) is 15.3. The summed E-state index contributed by atoms with van der Waals surface area (Å²) in [5.74, 6) is -0.178. The average Bonchev–Trinajstić information content (AvgIpc) is 3.02. The minimum atomic E-state index is -3.31. The Morgan fingerprint density at radius 3 is 2.76 bits per heavy atom. The standard InChI is InChI=1S/C17H25N3O4S/c1-24-17(21)10-4-2-3-7-11-19-25(22,23)13-12-20-14-18-15-8-5-6-9-16(15)20/h5-6,8-9,14,19H,2-4,7,10-13H2,1H3. The molecule has 1 heterocycles. The fraction of sp³-hybridized carbons (Fsp3) is 0.529. The first kappa shape index (κ1) is 19.4. The number of esters is 1. The molecule has 2 rings (SSSR count). The molecule has 138 valence electrons. The molecule has 0 aliphatic rings. The molecule has 1 aromatic heterocycles. The van der Waals surface area contributed by atoms with Gasteiger partial charge in [0.2, 0.25) is 10.0 Å². The van der Waals surface area contributed by atoms with Crippen molar-refractivity contribution in [3.63, 3.8) is 0 Å². The van der Waals surface area contributed by atoms with Crippen LogP contribution < -0.4 is 4.72 Å². The molecule has 0 radical (unpaired) electrons. The third-order valence-corrected chi connectivity index (χ3v) is 5.35. The molecule has 0 atom stereocenters. The van der Waals surface area contributed by atoms with Crippen LogP contribution in [0.1, 0.15) is 32.1 Å². The Hall–Kier alpha value is -1.93. The van der Waals surface area contributed by atoms with E-state index in [2.05, 4.69) is 14.4 Å². The summed E-state index contributed by atoms with van der Waals surface area (Å²) >= 11 is 0. The van der Waals surface area contributed by atoms with E-state index in [4.69, 9.17) is 0 Å². The van der Waals surface area contributed by atoms with E-state index < -0.39 is 10.0 Å². The zero-order chi connectivity index (χ0) is 18.1. The summed E-state index contributed by atoms with van der Waals surface area (Å²) in [5.41, 5.74) is 1.79. The number of nitrogens with zero attached hydrogens (tertiary/aromatic N) is 2. The molecule has 0 aliphatic carbocycles. The van der Waals surface area contributed by atoms with Crippen molar-refractivity contribution in [3.05, 3.63) is 30.6 Å². The number of carbonyl (C=O) groups excluding carboxylic acids is 1. The predicted octanol–water partition coefficient (Wildman–Crippen LogP) is 2.08. The van der Waals surface area contributed by atoms with Gasteiger partial charge in [-0.05, 0) is 25.0 Å². The number of aryl methyl sites for hydroxylation is 1. The van der Waals surface area contributed by atoms with Crippen LogP contribution in [0.2, 0.25) is 0 Å². The highest BCUT2D eigenvalue weighted by atomic mass is 32.2. The summed E-state index contributed by atoms with van der Waals surface area (Å²) in [4.78, 5) is 15.2. The number of hydrogen-bond donors (Lipinski definition) is 1. The normalized spacial score (nSPS) is 11.7. The quantitative estimate of drug-likeness (QED) is 0.485. The maximum absolute atomic E-state index is 12.1. The van der Waals surface area contributed by atoms with Crippen LogP contribution in [0.4, 0.5) is 0 Å². The molecule has 25 heavy (non-hydrogen) atoms. The molecule has 1 aromatic carbocycles. The van der Waals surface area contributed by atoms with Crippen LogP contribution in [-0.4, -0.2) is 43.3 Å². The second kappa shape index (κ2) is 9.53. The Bertz CT molecular complexity index is 786. The SMILES string of the molecule is COC(=O)CCCCCCNS(=O)(=O)CCn1cnc2ccccc21. The summed E-state index contributed by atoms with van der Waals surface area (Å²) in [6.07, 6.45) is 5.38. The number of fused-ring (bicyclic) bond motifs is 1. The van der Waals surface area contributed by atoms with Gasteiger partial charge in [0.1, 0.15) is 0 Å². The van der Waals surface area contributed by atoms with E-state index in [1.807, 2.05) is 28.8 Å². The van der Waals surface area contributed by atoms with Gasteiger partial charge < -0.3 is 9.30 Å². The molecule has 0 saturated carbocycles. The van der Waals surface area contributed by atoms with Crippen molar-refractivity contribution < 1.29 is 17.9 Å². The monoisotopic (exact) mass is 367 g/mol. The van der Waals surface area contributed by atoms with E-state index in [1.54, 1.807) is 6.33 Å². The van der Waals surface area contributed by atoms with Gasteiger partial charge in [0.25, 0.3) is 0 Å². The van der Waals surface area contributed by atoms with E-state index in [0.717, 1.165) is 36.7 Å². The largest absolute Gasteiger partial charge is 0.469 e. The number of unbranched alkanes of at least 4 members (excludes halogenated alkanes) is 3. The molecule has 0 aliphatic heterocycles. The first-order valence-electron chi connectivity index (χ1n) is 8.46. The molecule has 0 saturated heterocycles. The van der Waals surface area contributed by atoms with E-state index in [-0.39, 0.29) is 11.7 Å². The van der Waals surface area contributed by atoms with Crippen LogP contribution in [0.5, 0.6) is 0 Å². The summed E-state index contributed by atoms with van der Waals surface area (Å²) in [6, 6.07) is 7.64. The summed E-state index contributed by atoms with van der Waals surface area (Å²) in [7, 11) is -1.93. The number of ether oxygens (including phenoxy) is 1. The van der Waals surface area contributed by atoms with Crippen molar-refractivity contribution in [3.8, 4) is 0 Å². The topological polar surface area (TPSA) is 90.3 Å². The third-order valence-electron chi connectivity index (χ3n) is 3.99. The first-order chi connectivity index (χ1) is 12.0. The Balaban J connectivity index is 1.65. The van der Waals surface area contributed by atoms with E-state index >= 15 is 0 Å². The number of imidazole rings is 1. The molecule has 0 bridgehead atoms. The van der Waals surface area contributed by atoms with Gasteiger partial charge in [-0.25, -0.2) is 18.1 Å². The van der Waals surface area contributed by atoms with Crippen molar-refractivity contribution in [2.45, 2.75) is 38.6 Å². The summed E-state index contributed by atoms with van der Waals surface area (Å²) in [5, 5.41) is 0. The van der Waals surface area contributed by atoms with Gasteiger partial charge in [0.15, 0.2) is 0 Å². The number of nitrogens with one attached hydrogen (secondary N) is 1. The highest BCUT2D eigenvalue weighted by Crippen LogP contribution is 2.11. The molecular formula is C17H25N3O4S. The Kier molecular flexibility index (Phi) is 7.39. The van der Waals surface area contributed by atoms with Crippen molar-refractivity contribution in [1.82, 2.24) is 14.3 Å². The fourth-order valence-corrected chi connectivity index (χ4v) is 3.59. The number of methoxy groups -OCH3 is 1. The predicted molar refractivity (Wildman–Crippen MR) is 96.6 cm³/mol. The van der Waals surface area contributed by atoms with E-state index in [1.165, 1.54) is 7.11 Å². The third kappa shape index (κ3) is 6.47. The van der Waals surface area contributed by atoms with E-state index in [0.29, 0.717) is 19.5 Å². The fourth-order valence-electron chi connectivity index (χ4n) is 2.56. The van der Waals surface area contributed by atoms with Crippen molar-refractivity contribution in [2.24, 2.45) is 0 Å². The van der Waals surface area contributed by atoms with Gasteiger partial charge in [0, 0.05) is 19.5 Å². The smallest absolute Gasteiger partial charge is 0.305 e. The lowest BCUT2D eigenvalue weighted by Gasteiger charge is -2.08. The van der Waals surface area contributed by atoms with E-state index in [9.17, 15) is 13.2 Å². The first-order valence-corrected chi connectivity index (χ1v) is 10.1. The van der Waals surface area contributed by atoms with Crippen molar-refractivity contribution >= 4 is 27.0 Å². The van der Waals surface area contributed by atoms with Gasteiger partial charge in [-0.3, -0.25) is 4.79 Å². The van der Waals surface area contributed by atoms with Crippen LogP contribution >= 0.6 is 0 Å². The molecule has 0 amide bonds. The van der Waals surface area contributed by atoms with Crippen LogP contribution in [0, 0.1) is 0 Å². The van der Waals surface area contributed by atoms with Gasteiger partial charge in [0.05, 0.1) is 30.2 Å². The van der Waals surface area contributed by atoms with Gasteiger partial charge in [-0.15, -0.1) is 0 Å². The number of benzene rings is 1. The molecule has 0 spiro atoms. The van der Waals surface area contributed by atoms with Crippen LogP contribution in [0.25, 0.3) is 11.0 Å². The number of para-hydroxylation sites is 2. The lowest BCUT2D eigenvalue weighted by atomic mass is 10.1. The molecule has 7 nitrogen and oxygen atoms in total. The van der Waals surface area contributed by atoms with Crippen molar-refractivity contribution in [1.29, 1.82) is 0 Å². The average molecular weight is 367 g/mol. The molecule has 1 N–H and O–H groups in total. The van der Waals surface area contributed by atoms with Crippen LogP contribution in [-0.2, 0) is 26.1 Å². The summed E-state index contributed by atoms with van der Waals surface area (Å²) < 4.78 is 33.2. The second-order valence-electron chi connectivity index (χ2n) is 5.88. The highest BCUT2D eigenvalue weighted by Gasteiger charge is 2.11. The van der Waals surface area contributed by atoms with Crippen molar-refractivity contribution in [2.75, 3.05) is 19.4 Å². The molecule has 0 unspecified atom stereocenters. The van der Waals surface area contributed by atoms with Gasteiger partial charge in [-0.1, -0.05) is 25.0 Å². The number of carbonyl (C=O) groups is 1. The number of hydrogen-bond acceptors (Lipinski definition) is 5.